The van der Waals surface area contributed by atoms with Crippen molar-refractivity contribution in [3.63, 3.8) is 0 Å². The molecule has 6 heteroatoms. The van der Waals surface area contributed by atoms with Crippen molar-refractivity contribution >= 4 is 45.0 Å². The molecule has 0 N–H and O–H groups in total. The second-order valence-corrected chi connectivity index (χ2v) is 4.90. The molecule has 0 aliphatic heterocycles. The molecule has 0 spiro atoms. The van der Waals surface area contributed by atoms with E-state index in [-0.39, 0.29) is 11.5 Å². The molecule has 1 amide bonds. The molecule has 17 heavy (non-hydrogen) atoms. The Labute approximate surface area is 118 Å². The maximum absolute atomic E-state index is 13.1. The zero-order valence-electron chi connectivity index (χ0n) is 8.93. The van der Waals surface area contributed by atoms with Gasteiger partial charge in [0.2, 0.25) is 0 Å². The van der Waals surface area contributed by atoms with Gasteiger partial charge in [0.1, 0.15) is 5.82 Å². The lowest BCUT2D eigenvalue weighted by molar-refractivity contribution is 0.0773. The van der Waals surface area contributed by atoms with Gasteiger partial charge in [-0.1, -0.05) is 0 Å². The van der Waals surface area contributed by atoms with E-state index in [2.05, 4.69) is 15.9 Å². The number of carbonyl (C=O) groups excluding carboxylic acids is 1. The summed E-state index contributed by atoms with van der Waals surface area (Å²) in [7, 11) is 0. The van der Waals surface area contributed by atoms with Gasteiger partial charge in [-0.05, 0) is 34.1 Å². The van der Waals surface area contributed by atoms with Crippen molar-refractivity contribution in [3.8, 4) is 0 Å². The van der Waals surface area contributed by atoms with Gasteiger partial charge in [-0.3, -0.25) is 4.79 Å². The van der Waals surface area contributed by atoms with Crippen LogP contribution in [0.25, 0.3) is 0 Å². The third-order valence-electron chi connectivity index (χ3n) is 2.15. The molecule has 0 radical (unpaired) electrons. The number of benzene rings is 1. The van der Waals surface area contributed by atoms with Crippen LogP contribution in [-0.4, -0.2) is 35.7 Å². The molecular weight excluding hydrogens is 332 g/mol. The topological polar surface area (TPSA) is 20.3 Å². The van der Waals surface area contributed by atoms with Gasteiger partial charge in [0.25, 0.3) is 5.91 Å². The third kappa shape index (κ3) is 4.12. The minimum Gasteiger partial charge on any atom is -0.336 e. The first-order chi connectivity index (χ1) is 8.10. The fourth-order valence-corrected chi connectivity index (χ4v) is 2.17. The zero-order valence-corrected chi connectivity index (χ0v) is 12.0. The second kappa shape index (κ2) is 7.19. The number of hydrogen-bond acceptors (Lipinski definition) is 1. The summed E-state index contributed by atoms with van der Waals surface area (Å²) < 4.78 is 13.7. The molecule has 0 saturated heterocycles. The summed E-state index contributed by atoms with van der Waals surface area (Å²) in [6, 6.07) is 3.98. The molecule has 0 heterocycles. The van der Waals surface area contributed by atoms with Crippen LogP contribution in [0.5, 0.6) is 0 Å². The zero-order chi connectivity index (χ0) is 12.8. The first kappa shape index (κ1) is 14.7. The lowest BCUT2D eigenvalue weighted by atomic mass is 10.2. The SMILES string of the molecule is O=C(c1cc(F)ccc1Br)N(CCCl)CCCl. The van der Waals surface area contributed by atoms with Gasteiger partial charge in [-0.25, -0.2) is 4.39 Å². The molecule has 0 aliphatic carbocycles. The molecule has 0 bridgehead atoms. The van der Waals surface area contributed by atoms with E-state index in [4.69, 9.17) is 23.2 Å². The maximum Gasteiger partial charge on any atom is 0.255 e. The van der Waals surface area contributed by atoms with E-state index >= 15 is 0 Å². The summed E-state index contributed by atoms with van der Waals surface area (Å²) in [6.45, 7) is 0.770. The minimum absolute atomic E-state index is 0.278. The van der Waals surface area contributed by atoms with Crippen LogP contribution in [0.3, 0.4) is 0 Å². The van der Waals surface area contributed by atoms with E-state index in [1.807, 2.05) is 0 Å². The number of alkyl halides is 2. The highest BCUT2D eigenvalue weighted by Crippen LogP contribution is 2.19. The Balaban J connectivity index is 2.95. The molecule has 0 aliphatic rings. The maximum atomic E-state index is 13.1. The molecule has 0 saturated carbocycles. The minimum atomic E-state index is -0.451. The molecule has 1 aromatic rings. The predicted octanol–water partition coefficient (Wildman–Crippen LogP) is 3.51. The molecule has 0 atom stereocenters. The molecule has 0 unspecified atom stereocenters. The number of rotatable bonds is 5. The smallest absolute Gasteiger partial charge is 0.255 e. The fourth-order valence-electron chi connectivity index (χ4n) is 1.35. The van der Waals surface area contributed by atoms with E-state index in [1.165, 1.54) is 23.1 Å². The van der Waals surface area contributed by atoms with Crippen molar-refractivity contribution in [1.29, 1.82) is 0 Å². The molecule has 1 rings (SSSR count). The summed E-state index contributed by atoms with van der Waals surface area (Å²) in [4.78, 5) is 13.6. The van der Waals surface area contributed by atoms with Crippen molar-refractivity contribution in [1.82, 2.24) is 4.90 Å². The summed E-state index contributed by atoms with van der Waals surface area (Å²) in [5, 5.41) is 0. The third-order valence-corrected chi connectivity index (χ3v) is 3.18. The first-order valence-corrected chi connectivity index (χ1v) is 6.82. The molecule has 2 nitrogen and oxygen atoms in total. The highest BCUT2D eigenvalue weighted by Gasteiger charge is 2.17. The van der Waals surface area contributed by atoms with Crippen LogP contribution in [0.1, 0.15) is 10.4 Å². The van der Waals surface area contributed by atoms with Gasteiger partial charge in [0, 0.05) is 29.3 Å². The monoisotopic (exact) mass is 341 g/mol. The highest BCUT2D eigenvalue weighted by molar-refractivity contribution is 9.10. The number of halogens is 4. The van der Waals surface area contributed by atoms with Gasteiger partial charge >= 0.3 is 0 Å². The molecule has 94 valence electrons. The van der Waals surface area contributed by atoms with Crippen molar-refractivity contribution in [2.45, 2.75) is 0 Å². The Morgan fingerprint density at radius 1 is 1.29 bits per heavy atom. The van der Waals surface area contributed by atoms with Crippen molar-refractivity contribution < 1.29 is 9.18 Å². The predicted molar refractivity (Wildman–Crippen MR) is 71.4 cm³/mol. The Kier molecular flexibility index (Phi) is 6.23. The van der Waals surface area contributed by atoms with Gasteiger partial charge in [0.15, 0.2) is 0 Å². The van der Waals surface area contributed by atoms with Crippen LogP contribution >= 0.6 is 39.1 Å². The van der Waals surface area contributed by atoms with E-state index in [9.17, 15) is 9.18 Å². The Hall–Kier alpha value is -0.320. The molecular formula is C11H11BrCl2FNO. The average molecular weight is 343 g/mol. The normalized spacial score (nSPS) is 10.4. The van der Waals surface area contributed by atoms with Crippen LogP contribution in [0.15, 0.2) is 22.7 Å². The van der Waals surface area contributed by atoms with Gasteiger partial charge in [-0.15, -0.1) is 23.2 Å². The Bertz CT molecular complexity index is 397. The molecule has 0 fully saturated rings. The number of hydrogen-bond donors (Lipinski definition) is 0. The molecule has 1 aromatic carbocycles. The largest absolute Gasteiger partial charge is 0.336 e. The molecule has 0 aromatic heterocycles. The van der Waals surface area contributed by atoms with E-state index in [0.29, 0.717) is 29.3 Å². The van der Waals surface area contributed by atoms with Crippen LogP contribution in [0, 0.1) is 5.82 Å². The fraction of sp³-hybridized carbons (Fsp3) is 0.364. The van der Waals surface area contributed by atoms with Gasteiger partial charge in [0.05, 0.1) is 5.56 Å². The lowest BCUT2D eigenvalue weighted by Crippen LogP contribution is -2.34. The number of carbonyl (C=O) groups is 1. The Morgan fingerprint density at radius 3 is 2.41 bits per heavy atom. The standard InChI is InChI=1S/C11H11BrCl2FNO/c12-10-2-1-8(15)7-9(10)11(17)16(5-3-13)6-4-14/h1-2,7H,3-6H2. The number of amides is 1. The lowest BCUT2D eigenvalue weighted by Gasteiger charge is -2.21. The first-order valence-electron chi connectivity index (χ1n) is 4.96. The van der Waals surface area contributed by atoms with Crippen molar-refractivity contribution in [2.75, 3.05) is 24.8 Å². The van der Waals surface area contributed by atoms with Gasteiger partial charge in [-0.2, -0.15) is 0 Å². The summed E-state index contributed by atoms with van der Waals surface area (Å²) in [6.07, 6.45) is 0. The summed E-state index contributed by atoms with van der Waals surface area (Å²) in [5.74, 6) is -0.101. The Morgan fingerprint density at radius 2 is 1.88 bits per heavy atom. The van der Waals surface area contributed by atoms with Crippen LogP contribution in [0.4, 0.5) is 4.39 Å². The highest BCUT2D eigenvalue weighted by atomic mass is 79.9. The van der Waals surface area contributed by atoms with E-state index in [1.54, 1.807) is 0 Å². The number of nitrogens with zero attached hydrogens (tertiary/aromatic N) is 1. The van der Waals surface area contributed by atoms with Crippen LogP contribution in [-0.2, 0) is 0 Å². The van der Waals surface area contributed by atoms with Crippen LogP contribution < -0.4 is 0 Å². The van der Waals surface area contributed by atoms with Crippen LogP contribution in [0.2, 0.25) is 0 Å². The van der Waals surface area contributed by atoms with E-state index in [0.717, 1.165) is 0 Å². The van der Waals surface area contributed by atoms with E-state index < -0.39 is 5.82 Å². The second-order valence-electron chi connectivity index (χ2n) is 3.29. The van der Waals surface area contributed by atoms with Crippen molar-refractivity contribution in [2.24, 2.45) is 0 Å². The summed E-state index contributed by atoms with van der Waals surface area (Å²) >= 11 is 14.4. The summed E-state index contributed by atoms with van der Waals surface area (Å²) in [5.41, 5.74) is 0.278. The van der Waals surface area contributed by atoms with Gasteiger partial charge < -0.3 is 4.90 Å². The quantitative estimate of drug-likeness (QED) is 0.750. The van der Waals surface area contributed by atoms with Crippen molar-refractivity contribution in [3.05, 3.63) is 34.1 Å². The average Bonchev–Trinajstić information content (AvgIpc) is 2.31.